The van der Waals surface area contributed by atoms with Gasteiger partial charge in [-0.2, -0.15) is 0 Å². The van der Waals surface area contributed by atoms with E-state index in [1.807, 2.05) is 0 Å². The number of carbonyl (C=O) groups excluding carboxylic acids is 1. The van der Waals surface area contributed by atoms with Crippen molar-refractivity contribution >= 4 is 23.5 Å². The van der Waals surface area contributed by atoms with Crippen molar-refractivity contribution in [1.82, 2.24) is 5.32 Å². The molecule has 1 aliphatic carbocycles. The van der Waals surface area contributed by atoms with Crippen LogP contribution in [0.4, 0.5) is 0 Å². The third kappa shape index (κ3) is 3.69. The van der Waals surface area contributed by atoms with Gasteiger partial charge in [0, 0.05) is 6.04 Å². The predicted octanol–water partition coefficient (Wildman–Crippen LogP) is 2.02. The van der Waals surface area contributed by atoms with Gasteiger partial charge in [-0.05, 0) is 37.0 Å². The minimum absolute atomic E-state index is 0.0729. The van der Waals surface area contributed by atoms with Crippen molar-refractivity contribution in [3.63, 3.8) is 0 Å². The maximum atomic E-state index is 12.2. The Balaban J connectivity index is 1.60. The molecular weight excluding hydrogens is 322 g/mol. The molecule has 1 aromatic carbocycles. The van der Waals surface area contributed by atoms with Crippen LogP contribution in [0.25, 0.3) is 0 Å². The summed E-state index contributed by atoms with van der Waals surface area (Å²) in [6.45, 7) is 0.913. The van der Waals surface area contributed by atoms with Crippen molar-refractivity contribution in [1.29, 1.82) is 0 Å². The second-order valence-corrected chi connectivity index (χ2v) is 6.30. The molecule has 7 heteroatoms. The van der Waals surface area contributed by atoms with E-state index in [-0.39, 0.29) is 24.3 Å². The third-order valence-electron chi connectivity index (χ3n) is 4.17. The largest absolute Gasteiger partial charge is 0.486 e. The van der Waals surface area contributed by atoms with Crippen LogP contribution in [0.2, 0.25) is 5.02 Å². The number of carboxylic acid groups (broad SMARTS) is 1. The number of hydrogen-bond donors (Lipinski definition) is 2. The molecule has 0 radical (unpaired) electrons. The Labute approximate surface area is 138 Å². The Bertz CT molecular complexity index is 633. The highest BCUT2D eigenvalue weighted by Crippen LogP contribution is 2.38. The van der Waals surface area contributed by atoms with Crippen LogP contribution in [-0.2, 0) is 16.0 Å². The van der Waals surface area contributed by atoms with Crippen LogP contribution in [0.5, 0.6) is 11.5 Å². The topological polar surface area (TPSA) is 84.9 Å². The fourth-order valence-electron chi connectivity index (χ4n) is 3.07. The van der Waals surface area contributed by atoms with Crippen molar-refractivity contribution in [2.45, 2.75) is 31.7 Å². The minimum Gasteiger partial charge on any atom is -0.486 e. The monoisotopic (exact) mass is 339 g/mol. The smallest absolute Gasteiger partial charge is 0.306 e. The minimum atomic E-state index is -0.791. The van der Waals surface area contributed by atoms with Gasteiger partial charge in [-0.25, -0.2) is 0 Å². The first-order chi connectivity index (χ1) is 11.0. The Morgan fingerprint density at radius 2 is 2.04 bits per heavy atom. The molecule has 2 aliphatic rings. The summed E-state index contributed by atoms with van der Waals surface area (Å²) < 4.78 is 10.9. The molecule has 1 fully saturated rings. The molecule has 0 bridgehead atoms. The molecule has 0 spiro atoms. The van der Waals surface area contributed by atoms with Crippen LogP contribution >= 0.6 is 11.6 Å². The van der Waals surface area contributed by atoms with Crippen LogP contribution in [-0.4, -0.2) is 36.2 Å². The maximum absolute atomic E-state index is 12.2. The Morgan fingerprint density at radius 1 is 1.26 bits per heavy atom. The lowest BCUT2D eigenvalue weighted by Gasteiger charge is -2.20. The Kier molecular flexibility index (Phi) is 4.61. The first-order valence-corrected chi connectivity index (χ1v) is 8.01. The zero-order valence-corrected chi connectivity index (χ0v) is 13.3. The number of carboxylic acids is 1. The molecule has 1 saturated carbocycles. The first-order valence-electron chi connectivity index (χ1n) is 7.63. The third-order valence-corrected chi connectivity index (χ3v) is 4.45. The standard InChI is InChI=1S/C16H18ClNO5/c17-12-5-9(6-13-15(12)23-4-3-22-13)7-14(19)18-11-2-1-10(8-11)16(20)21/h5-6,10-11H,1-4,7-8H2,(H,18,19)(H,20,21)/t10-,11+/m0/s1. The number of carbonyl (C=O) groups is 2. The average molecular weight is 340 g/mol. The van der Waals surface area contributed by atoms with Gasteiger partial charge in [-0.15, -0.1) is 0 Å². The lowest BCUT2D eigenvalue weighted by molar-refractivity contribution is -0.141. The van der Waals surface area contributed by atoms with Crippen LogP contribution in [0, 0.1) is 5.92 Å². The van der Waals surface area contributed by atoms with E-state index in [9.17, 15) is 9.59 Å². The molecule has 2 atom stereocenters. The quantitative estimate of drug-likeness (QED) is 0.876. The molecule has 6 nitrogen and oxygen atoms in total. The van der Waals surface area contributed by atoms with Crippen LogP contribution in [0.15, 0.2) is 12.1 Å². The van der Waals surface area contributed by atoms with E-state index in [0.29, 0.717) is 49.0 Å². The van der Waals surface area contributed by atoms with Crippen LogP contribution in [0.1, 0.15) is 24.8 Å². The summed E-state index contributed by atoms with van der Waals surface area (Å²) in [5, 5.41) is 12.3. The lowest BCUT2D eigenvalue weighted by Crippen LogP contribution is -2.34. The van der Waals surface area contributed by atoms with E-state index in [4.69, 9.17) is 26.2 Å². The summed E-state index contributed by atoms with van der Waals surface area (Å²) in [7, 11) is 0. The number of ether oxygens (including phenoxy) is 2. The molecule has 1 aliphatic heterocycles. The number of rotatable bonds is 4. The Morgan fingerprint density at radius 3 is 2.78 bits per heavy atom. The molecule has 0 saturated heterocycles. The highest BCUT2D eigenvalue weighted by molar-refractivity contribution is 6.32. The van der Waals surface area contributed by atoms with Gasteiger partial charge in [0.05, 0.1) is 17.4 Å². The van der Waals surface area contributed by atoms with Gasteiger partial charge in [0.1, 0.15) is 13.2 Å². The molecule has 0 unspecified atom stereocenters. The van der Waals surface area contributed by atoms with Crippen LogP contribution in [0.3, 0.4) is 0 Å². The lowest BCUT2D eigenvalue weighted by atomic mass is 10.1. The summed E-state index contributed by atoms with van der Waals surface area (Å²) in [6, 6.07) is 3.38. The number of amides is 1. The Hall–Kier alpha value is -1.95. The van der Waals surface area contributed by atoms with E-state index in [1.54, 1.807) is 12.1 Å². The maximum Gasteiger partial charge on any atom is 0.306 e. The van der Waals surface area contributed by atoms with Crippen molar-refractivity contribution < 1.29 is 24.2 Å². The van der Waals surface area contributed by atoms with Gasteiger partial charge < -0.3 is 19.9 Å². The van der Waals surface area contributed by atoms with Crippen molar-refractivity contribution in [2.75, 3.05) is 13.2 Å². The van der Waals surface area contributed by atoms with E-state index >= 15 is 0 Å². The fourth-order valence-corrected chi connectivity index (χ4v) is 3.36. The SMILES string of the molecule is O=C(Cc1cc(Cl)c2c(c1)OCCO2)N[C@@H]1CC[C@H](C(=O)O)C1. The van der Waals surface area contributed by atoms with E-state index in [0.717, 1.165) is 5.56 Å². The van der Waals surface area contributed by atoms with E-state index < -0.39 is 5.97 Å². The van der Waals surface area contributed by atoms with Gasteiger partial charge in [0.25, 0.3) is 0 Å². The number of fused-ring (bicyclic) bond motifs is 1. The molecule has 1 heterocycles. The van der Waals surface area contributed by atoms with Crippen molar-refractivity contribution in [2.24, 2.45) is 5.92 Å². The number of hydrogen-bond acceptors (Lipinski definition) is 4. The second-order valence-electron chi connectivity index (χ2n) is 5.89. The summed E-state index contributed by atoms with van der Waals surface area (Å²) in [6.07, 6.45) is 1.97. The molecule has 0 aromatic heterocycles. The fraction of sp³-hybridized carbons (Fsp3) is 0.500. The van der Waals surface area contributed by atoms with Gasteiger partial charge in [-0.3, -0.25) is 9.59 Å². The summed E-state index contributed by atoms with van der Waals surface area (Å²) in [4.78, 5) is 23.1. The van der Waals surface area contributed by atoms with Gasteiger partial charge >= 0.3 is 5.97 Å². The number of aliphatic carboxylic acids is 1. The predicted molar refractivity (Wildman–Crippen MR) is 83.1 cm³/mol. The molecule has 1 aromatic rings. The molecule has 2 N–H and O–H groups in total. The van der Waals surface area contributed by atoms with E-state index in [1.165, 1.54) is 0 Å². The van der Waals surface area contributed by atoms with Gasteiger partial charge in [0.15, 0.2) is 11.5 Å². The summed E-state index contributed by atoms with van der Waals surface area (Å²) in [5.41, 5.74) is 0.740. The van der Waals surface area contributed by atoms with Crippen molar-refractivity contribution in [3.8, 4) is 11.5 Å². The average Bonchev–Trinajstić information content (AvgIpc) is 2.96. The number of nitrogens with one attached hydrogen (secondary N) is 1. The van der Waals surface area contributed by atoms with Crippen LogP contribution < -0.4 is 14.8 Å². The highest BCUT2D eigenvalue weighted by atomic mass is 35.5. The van der Waals surface area contributed by atoms with Gasteiger partial charge in [-0.1, -0.05) is 11.6 Å². The molecule has 1 amide bonds. The van der Waals surface area contributed by atoms with E-state index in [2.05, 4.69) is 5.32 Å². The van der Waals surface area contributed by atoms with Gasteiger partial charge in [0.2, 0.25) is 5.91 Å². The second kappa shape index (κ2) is 6.66. The normalized spacial score (nSPS) is 22.7. The number of benzene rings is 1. The summed E-state index contributed by atoms with van der Waals surface area (Å²) >= 11 is 6.15. The molecule has 124 valence electrons. The molecule has 3 rings (SSSR count). The molecule has 23 heavy (non-hydrogen) atoms. The van der Waals surface area contributed by atoms with Crippen molar-refractivity contribution in [3.05, 3.63) is 22.7 Å². The number of halogens is 1. The highest BCUT2D eigenvalue weighted by Gasteiger charge is 2.30. The summed E-state index contributed by atoms with van der Waals surface area (Å²) in [5.74, 6) is -0.223. The molecular formula is C16H18ClNO5. The first kappa shape index (κ1) is 15.9. The zero-order chi connectivity index (χ0) is 16.4. The zero-order valence-electron chi connectivity index (χ0n) is 12.5.